The third kappa shape index (κ3) is 4.56. The van der Waals surface area contributed by atoms with Crippen molar-refractivity contribution in [2.75, 3.05) is 6.61 Å². The Morgan fingerprint density at radius 2 is 1.63 bits per heavy atom. The summed E-state index contributed by atoms with van der Waals surface area (Å²) in [5.74, 6) is -5.56. The van der Waals surface area contributed by atoms with Gasteiger partial charge in [0.1, 0.15) is 5.60 Å². The minimum absolute atomic E-state index is 0.592. The second kappa shape index (κ2) is 9.67. The van der Waals surface area contributed by atoms with Crippen LogP contribution in [0.5, 0.6) is 0 Å². The van der Waals surface area contributed by atoms with Crippen LogP contribution >= 0.6 is 22.6 Å². The lowest BCUT2D eigenvalue weighted by atomic mass is 9.63. The van der Waals surface area contributed by atoms with Crippen LogP contribution in [0.2, 0.25) is 0 Å². The van der Waals surface area contributed by atoms with Crippen LogP contribution in [-0.4, -0.2) is 42.4 Å². The van der Waals surface area contributed by atoms with Crippen LogP contribution in [0.4, 0.5) is 8.78 Å². The number of hydrogen-bond donors (Lipinski definition) is 1. The largest absolute Gasteiger partial charge is 0.458 e. The predicted octanol–water partition coefficient (Wildman–Crippen LogP) is 5.34. The van der Waals surface area contributed by atoms with Crippen molar-refractivity contribution in [3.8, 4) is 0 Å². The van der Waals surface area contributed by atoms with Crippen molar-refractivity contribution in [1.82, 2.24) is 0 Å². The molecule has 1 N–H and O–H groups in total. The van der Waals surface area contributed by atoms with E-state index in [2.05, 4.69) is 22.6 Å². The molecule has 7 nitrogen and oxygen atoms in total. The summed E-state index contributed by atoms with van der Waals surface area (Å²) in [4.78, 5) is 27.6. The molecule has 0 aliphatic heterocycles. The molecule has 2 aromatic rings. The number of allylic oxidation sites excluding steroid dienone is 1. The molecule has 0 radical (unpaired) electrons. The zero-order valence-corrected chi connectivity index (χ0v) is 23.2. The first-order valence-corrected chi connectivity index (χ1v) is 14.6. The van der Waals surface area contributed by atoms with E-state index in [4.69, 9.17) is 14.0 Å². The van der Waals surface area contributed by atoms with E-state index in [0.717, 1.165) is 33.1 Å². The first-order valence-electron chi connectivity index (χ1n) is 12.1. The molecule has 4 aliphatic rings. The van der Waals surface area contributed by atoms with Gasteiger partial charge in [0.05, 0.1) is 11.8 Å². The third-order valence-corrected chi connectivity index (χ3v) is 10.2. The van der Waals surface area contributed by atoms with E-state index in [9.17, 15) is 26.8 Å². The fraction of sp³-hybridized carbons (Fsp3) is 0.407. The molecule has 4 aliphatic carbocycles. The number of fused-ring (bicyclic) bond motifs is 1. The normalized spacial score (nSPS) is 28.1. The Balaban J connectivity index is 1.60. The second-order valence-corrected chi connectivity index (χ2v) is 12.8. The maximum atomic E-state index is 14.0. The van der Waals surface area contributed by atoms with Crippen molar-refractivity contribution in [1.29, 1.82) is 0 Å². The van der Waals surface area contributed by atoms with E-state index in [0.29, 0.717) is 12.0 Å². The lowest BCUT2D eigenvalue weighted by Gasteiger charge is -2.42. The third-order valence-electron chi connectivity index (χ3n) is 7.72. The topological polar surface area (TPSA) is 107 Å². The highest BCUT2D eigenvalue weighted by molar-refractivity contribution is 14.1. The number of rotatable bonds is 6. The Morgan fingerprint density at radius 1 is 1.05 bits per heavy atom. The number of benzene rings is 2. The minimum atomic E-state index is -5.81. The van der Waals surface area contributed by atoms with Crippen molar-refractivity contribution in [3.05, 3.63) is 80.4 Å². The monoisotopic (exact) mass is 658 g/mol. The predicted molar refractivity (Wildman–Crippen MR) is 141 cm³/mol. The molecule has 5 unspecified atom stereocenters. The Morgan fingerprint density at radius 3 is 2.18 bits per heavy atom. The summed E-state index contributed by atoms with van der Waals surface area (Å²) < 4.78 is 70.9. The van der Waals surface area contributed by atoms with E-state index < -0.39 is 63.2 Å². The van der Waals surface area contributed by atoms with E-state index in [-0.39, 0.29) is 0 Å². The molecule has 2 aromatic carbocycles. The standard InChI is InChI=1S/C27H25F2IO7S/c1-26(12-5-4-11-19(26)30)37-25(32)23-21-16-8-6-7-15(13-16)20(17-9-2-3-10-18(17)21)22(23)24(31)36-14-27(28,29)38(33,34)35/h2-3,6-11,13,20-23H,4-5,12,14H2,1H3,(H,33,34,35). The van der Waals surface area contributed by atoms with Crippen LogP contribution in [0, 0.1) is 11.8 Å². The average molecular weight is 658 g/mol. The van der Waals surface area contributed by atoms with Crippen LogP contribution in [0.25, 0.3) is 0 Å². The van der Waals surface area contributed by atoms with Crippen molar-refractivity contribution in [2.24, 2.45) is 11.8 Å². The molecule has 0 saturated carbocycles. The van der Waals surface area contributed by atoms with E-state index >= 15 is 0 Å². The fourth-order valence-corrected chi connectivity index (χ4v) is 6.78. The summed E-state index contributed by atoms with van der Waals surface area (Å²) >= 11 is 2.14. The van der Waals surface area contributed by atoms with Crippen LogP contribution < -0.4 is 0 Å². The molecule has 4 bridgehead atoms. The van der Waals surface area contributed by atoms with Crippen LogP contribution in [0.15, 0.2) is 58.2 Å². The van der Waals surface area contributed by atoms with Crippen molar-refractivity contribution in [3.63, 3.8) is 0 Å². The number of carbonyl (C=O) groups is 2. The Hall–Kier alpha value is -2.38. The molecule has 0 spiro atoms. The van der Waals surface area contributed by atoms with Gasteiger partial charge in [0.2, 0.25) is 0 Å². The van der Waals surface area contributed by atoms with Gasteiger partial charge in [-0.1, -0.05) is 54.6 Å². The van der Waals surface area contributed by atoms with Gasteiger partial charge in [0.25, 0.3) is 0 Å². The Labute approximate surface area is 232 Å². The highest BCUT2D eigenvalue weighted by Gasteiger charge is 2.56. The number of halogens is 3. The van der Waals surface area contributed by atoms with Crippen LogP contribution in [0.3, 0.4) is 0 Å². The van der Waals surface area contributed by atoms with Gasteiger partial charge in [0, 0.05) is 15.4 Å². The summed E-state index contributed by atoms with van der Waals surface area (Å²) in [5, 5.41) is -4.70. The summed E-state index contributed by atoms with van der Waals surface area (Å²) in [6, 6.07) is 14.7. The van der Waals surface area contributed by atoms with Gasteiger partial charge in [-0.25, -0.2) is 0 Å². The first kappa shape index (κ1) is 27.2. The molecular weight excluding hydrogens is 633 g/mol. The zero-order chi connectivity index (χ0) is 27.5. The summed E-state index contributed by atoms with van der Waals surface area (Å²) in [6.07, 6.45) is 4.26. The van der Waals surface area contributed by atoms with Gasteiger partial charge in [-0.15, -0.1) is 0 Å². The van der Waals surface area contributed by atoms with Crippen LogP contribution in [0.1, 0.15) is 60.3 Å². The maximum Gasteiger partial charge on any atom is 0.402 e. The number of alkyl halides is 2. The maximum absolute atomic E-state index is 14.0. The highest BCUT2D eigenvalue weighted by atomic mass is 127. The quantitative estimate of drug-likeness (QED) is 0.254. The summed E-state index contributed by atoms with van der Waals surface area (Å²) in [5.41, 5.74) is 2.16. The van der Waals surface area contributed by atoms with Gasteiger partial charge in [-0.3, -0.25) is 14.1 Å². The number of hydrogen-bond acceptors (Lipinski definition) is 6. The summed E-state index contributed by atoms with van der Waals surface area (Å²) in [7, 11) is -5.81. The lowest BCUT2D eigenvalue weighted by Crippen LogP contribution is -2.46. The lowest BCUT2D eigenvalue weighted by molar-refractivity contribution is -0.172. The van der Waals surface area contributed by atoms with E-state index in [1.54, 1.807) is 12.1 Å². The number of carbonyl (C=O) groups excluding carboxylic acids is 2. The zero-order valence-electron chi connectivity index (χ0n) is 20.3. The van der Waals surface area contributed by atoms with Crippen molar-refractivity contribution >= 4 is 44.6 Å². The molecule has 202 valence electrons. The second-order valence-electron chi connectivity index (χ2n) is 10.1. The molecule has 5 atom stereocenters. The Kier molecular flexibility index (Phi) is 6.92. The minimum Gasteiger partial charge on any atom is -0.458 e. The van der Waals surface area contributed by atoms with E-state index in [1.165, 1.54) is 0 Å². The smallest absolute Gasteiger partial charge is 0.402 e. The molecule has 0 amide bonds. The van der Waals surface area contributed by atoms with E-state index in [1.807, 2.05) is 49.4 Å². The molecule has 6 rings (SSSR count). The molecular formula is C27H25F2IO7S. The molecule has 38 heavy (non-hydrogen) atoms. The van der Waals surface area contributed by atoms with Crippen molar-refractivity contribution in [2.45, 2.75) is 48.9 Å². The van der Waals surface area contributed by atoms with Gasteiger partial charge < -0.3 is 9.47 Å². The molecule has 0 heterocycles. The van der Waals surface area contributed by atoms with Gasteiger partial charge in [0.15, 0.2) is 6.61 Å². The number of ether oxygens (including phenoxy) is 2. The number of esters is 2. The average Bonchev–Trinajstić information content (AvgIpc) is 3.01. The highest BCUT2D eigenvalue weighted by Crippen LogP contribution is 2.56. The Bertz CT molecular complexity index is 1440. The van der Waals surface area contributed by atoms with Gasteiger partial charge in [-0.05, 0) is 71.0 Å². The molecule has 11 heteroatoms. The molecule has 0 aromatic heterocycles. The summed E-state index contributed by atoms with van der Waals surface area (Å²) in [6.45, 7) is -0.0663. The SMILES string of the molecule is CC1(OC(=O)C2C3c4cccc(c4)C(c4ccccc43)C2C(=O)OCC(F)(F)S(=O)(=O)O)CCCC=C1I. The van der Waals surface area contributed by atoms with Gasteiger partial charge >= 0.3 is 27.3 Å². The molecule has 0 fully saturated rings. The fourth-order valence-electron chi connectivity index (χ4n) is 5.88. The van der Waals surface area contributed by atoms with Crippen LogP contribution in [-0.2, 0) is 29.2 Å². The van der Waals surface area contributed by atoms with Crippen molar-refractivity contribution < 1.29 is 40.8 Å². The molecule has 0 saturated heterocycles. The first-order chi connectivity index (χ1) is 17.8. The van der Waals surface area contributed by atoms with Gasteiger partial charge in [-0.2, -0.15) is 17.2 Å².